The van der Waals surface area contributed by atoms with Gasteiger partial charge in [-0.15, -0.1) is 0 Å². The molecule has 0 aliphatic rings. The zero-order valence-electron chi connectivity index (χ0n) is 15.9. The van der Waals surface area contributed by atoms with E-state index in [0.717, 1.165) is 36.4 Å². The van der Waals surface area contributed by atoms with Crippen LogP contribution in [0.25, 0.3) is 0 Å². The Kier molecular flexibility index (Phi) is 7.48. The molecule has 3 heteroatoms. The summed E-state index contributed by atoms with van der Waals surface area (Å²) in [4.78, 5) is 2.17. The molecule has 3 nitrogen and oxygen atoms in total. The monoisotopic (exact) mass is 341 g/mol. The Labute approximate surface area is 152 Å². The maximum absolute atomic E-state index is 10.6. The van der Waals surface area contributed by atoms with Crippen molar-refractivity contribution in [1.82, 2.24) is 4.90 Å². The van der Waals surface area contributed by atoms with Crippen molar-refractivity contribution >= 4 is 0 Å². The first-order valence-corrected chi connectivity index (χ1v) is 9.13. The van der Waals surface area contributed by atoms with Crippen LogP contribution in [0.15, 0.2) is 54.6 Å². The molecule has 0 fully saturated rings. The highest BCUT2D eigenvalue weighted by atomic mass is 16.5. The Bertz CT molecular complexity index is 627. The second-order valence-electron chi connectivity index (χ2n) is 7.15. The average Bonchev–Trinajstić information content (AvgIpc) is 2.62. The zero-order chi connectivity index (χ0) is 18.2. The fourth-order valence-electron chi connectivity index (χ4n) is 2.76. The Balaban J connectivity index is 2.01. The second-order valence-corrected chi connectivity index (χ2v) is 7.15. The maximum atomic E-state index is 10.6. The van der Waals surface area contributed by atoms with E-state index in [4.69, 9.17) is 4.74 Å². The van der Waals surface area contributed by atoms with Gasteiger partial charge in [-0.25, -0.2) is 0 Å². The van der Waals surface area contributed by atoms with Gasteiger partial charge in [0, 0.05) is 18.2 Å². The van der Waals surface area contributed by atoms with Gasteiger partial charge >= 0.3 is 0 Å². The number of aliphatic hydroxyl groups is 1. The topological polar surface area (TPSA) is 32.7 Å². The van der Waals surface area contributed by atoms with Crippen molar-refractivity contribution in [3.63, 3.8) is 0 Å². The van der Waals surface area contributed by atoms with Gasteiger partial charge in [0.1, 0.15) is 5.75 Å². The molecule has 0 spiro atoms. The third-order valence-electron chi connectivity index (χ3n) is 4.64. The minimum Gasteiger partial charge on any atom is -0.493 e. The molecule has 0 aliphatic heterocycles. The molecular weight excluding hydrogens is 310 g/mol. The Morgan fingerprint density at radius 2 is 1.60 bits per heavy atom. The number of nitrogens with zero attached hydrogens (tertiary/aromatic N) is 1. The number of hydrogen-bond acceptors (Lipinski definition) is 3. The average molecular weight is 341 g/mol. The summed E-state index contributed by atoms with van der Waals surface area (Å²) < 4.78 is 5.98. The van der Waals surface area contributed by atoms with E-state index in [1.165, 1.54) is 0 Å². The van der Waals surface area contributed by atoms with E-state index in [9.17, 15) is 5.11 Å². The van der Waals surface area contributed by atoms with Crippen molar-refractivity contribution in [2.45, 2.75) is 45.9 Å². The lowest BCUT2D eigenvalue weighted by Gasteiger charge is -2.29. The van der Waals surface area contributed by atoms with Crippen LogP contribution >= 0.6 is 0 Å². The van der Waals surface area contributed by atoms with E-state index in [1.807, 2.05) is 55.6 Å². The Morgan fingerprint density at radius 1 is 0.960 bits per heavy atom. The predicted molar refractivity (Wildman–Crippen MR) is 104 cm³/mol. The van der Waals surface area contributed by atoms with Gasteiger partial charge in [-0.2, -0.15) is 0 Å². The van der Waals surface area contributed by atoms with Crippen LogP contribution in [0.5, 0.6) is 5.75 Å². The van der Waals surface area contributed by atoms with Crippen molar-refractivity contribution in [2.24, 2.45) is 5.92 Å². The van der Waals surface area contributed by atoms with E-state index in [1.54, 1.807) is 0 Å². The molecule has 136 valence electrons. The molecule has 0 bridgehead atoms. The first kappa shape index (κ1) is 19.5. The highest BCUT2D eigenvalue weighted by Crippen LogP contribution is 2.24. The second kappa shape index (κ2) is 9.59. The smallest absolute Gasteiger partial charge is 0.123 e. The van der Waals surface area contributed by atoms with Crippen LogP contribution in [-0.4, -0.2) is 29.7 Å². The van der Waals surface area contributed by atoms with E-state index >= 15 is 0 Å². The minimum absolute atomic E-state index is 0.00567. The first-order chi connectivity index (χ1) is 12.0. The highest BCUT2D eigenvalue weighted by Gasteiger charge is 2.21. The molecule has 0 amide bonds. The molecule has 0 radical (unpaired) electrons. The lowest BCUT2D eigenvalue weighted by Crippen LogP contribution is -2.34. The Morgan fingerprint density at radius 3 is 2.28 bits per heavy atom. The van der Waals surface area contributed by atoms with Crippen molar-refractivity contribution in [3.05, 3.63) is 65.7 Å². The molecule has 0 heterocycles. The molecule has 2 rings (SSSR count). The fraction of sp³-hybridized carbons (Fsp3) is 0.455. The number of aliphatic hydroxyl groups excluding tert-OH is 1. The summed E-state index contributed by atoms with van der Waals surface area (Å²) in [5, 5.41) is 10.6. The van der Waals surface area contributed by atoms with E-state index in [-0.39, 0.29) is 6.04 Å². The van der Waals surface area contributed by atoms with Gasteiger partial charge in [0.15, 0.2) is 0 Å². The number of benzene rings is 2. The van der Waals surface area contributed by atoms with E-state index < -0.39 is 6.10 Å². The van der Waals surface area contributed by atoms with Gasteiger partial charge in [0.2, 0.25) is 0 Å². The molecule has 0 aliphatic carbocycles. The summed E-state index contributed by atoms with van der Waals surface area (Å²) in [5.41, 5.74) is 2.10. The van der Waals surface area contributed by atoms with Crippen LogP contribution < -0.4 is 4.74 Å². The van der Waals surface area contributed by atoms with Gasteiger partial charge in [0.25, 0.3) is 0 Å². The van der Waals surface area contributed by atoms with E-state index in [0.29, 0.717) is 5.92 Å². The van der Waals surface area contributed by atoms with Crippen LogP contribution in [0.1, 0.15) is 44.4 Å². The summed E-state index contributed by atoms with van der Waals surface area (Å²) in [7, 11) is 2.04. The molecule has 1 N–H and O–H groups in total. The molecule has 0 aromatic heterocycles. The standard InChI is InChI=1S/C22H31NO2/c1-17(2)14-15-25-21-13-9-8-12-20(21)16-23(4)18(3)22(24)19-10-6-5-7-11-19/h5-13,17-18,22,24H,14-16H2,1-4H3. The largest absolute Gasteiger partial charge is 0.493 e. The molecule has 0 saturated carbocycles. The lowest BCUT2D eigenvalue weighted by atomic mass is 10.0. The molecule has 2 aromatic rings. The molecule has 2 unspecified atom stereocenters. The van der Waals surface area contributed by atoms with Crippen LogP contribution in [0.3, 0.4) is 0 Å². The minimum atomic E-state index is -0.514. The van der Waals surface area contributed by atoms with Crippen LogP contribution in [-0.2, 0) is 6.54 Å². The van der Waals surface area contributed by atoms with Gasteiger partial charge in [0.05, 0.1) is 12.7 Å². The molecular formula is C22H31NO2. The quantitative estimate of drug-likeness (QED) is 0.720. The summed E-state index contributed by atoms with van der Waals surface area (Å²) in [6, 6.07) is 18.0. The molecule has 2 atom stereocenters. The first-order valence-electron chi connectivity index (χ1n) is 9.13. The van der Waals surface area contributed by atoms with Gasteiger partial charge < -0.3 is 9.84 Å². The lowest BCUT2D eigenvalue weighted by molar-refractivity contribution is 0.0683. The molecule has 2 aromatic carbocycles. The van der Waals surface area contributed by atoms with Gasteiger partial charge in [-0.3, -0.25) is 4.90 Å². The van der Waals surface area contributed by atoms with Gasteiger partial charge in [-0.05, 0) is 37.9 Å². The summed E-state index contributed by atoms with van der Waals surface area (Å²) in [6.45, 7) is 7.94. The van der Waals surface area contributed by atoms with Crippen LogP contribution in [0, 0.1) is 5.92 Å². The normalized spacial score (nSPS) is 13.9. The molecule has 25 heavy (non-hydrogen) atoms. The SMILES string of the molecule is CC(C)CCOc1ccccc1CN(C)C(C)C(O)c1ccccc1. The van der Waals surface area contributed by atoms with Crippen molar-refractivity contribution in [2.75, 3.05) is 13.7 Å². The number of ether oxygens (including phenoxy) is 1. The zero-order valence-corrected chi connectivity index (χ0v) is 15.9. The third kappa shape index (κ3) is 5.87. The number of hydrogen-bond donors (Lipinski definition) is 1. The highest BCUT2D eigenvalue weighted by molar-refractivity contribution is 5.33. The van der Waals surface area contributed by atoms with Crippen molar-refractivity contribution < 1.29 is 9.84 Å². The van der Waals surface area contributed by atoms with Crippen molar-refractivity contribution in [3.8, 4) is 5.75 Å². The summed E-state index contributed by atoms with van der Waals surface area (Å²) in [6.07, 6.45) is 0.535. The number of rotatable bonds is 9. The number of likely N-dealkylation sites (N-methyl/N-ethyl adjacent to an activating group) is 1. The van der Waals surface area contributed by atoms with Crippen LogP contribution in [0.2, 0.25) is 0 Å². The molecule has 0 saturated heterocycles. The summed E-state index contributed by atoms with van der Waals surface area (Å²) in [5.74, 6) is 1.58. The maximum Gasteiger partial charge on any atom is 0.123 e. The summed E-state index contributed by atoms with van der Waals surface area (Å²) >= 11 is 0. The van der Waals surface area contributed by atoms with E-state index in [2.05, 4.69) is 31.7 Å². The van der Waals surface area contributed by atoms with Crippen LogP contribution in [0.4, 0.5) is 0 Å². The third-order valence-corrected chi connectivity index (χ3v) is 4.64. The Hall–Kier alpha value is -1.84. The fourth-order valence-corrected chi connectivity index (χ4v) is 2.76. The van der Waals surface area contributed by atoms with Gasteiger partial charge in [-0.1, -0.05) is 62.4 Å². The van der Waals surface area contributed by atoms with Crippen molar-refractivity contribution in [1.29, 1.82) is 0 Å². The predicted octanol–water partition coefficient (Wildman–Crippen LogP) is 4.67. The number of para-hydroxylation sites is 1.